The summed E-state index contributed by atoms with van der Waals surface area (Å²) in [7, 11) is 0. The van der Waals surface area contributed by atoms with Crippen molar-refractivity contribution >= 4 is 23.1 Å². The van der Waals surface area contributed by atoms with E-state index in [1.807, 2.05) is 11.3 Å². The number of hydrogen-bond donors (Lipinski definition) is 0. The molecule has 0 N–H and O–H groups in total. The van der Waals surface area contributed by atoms with Crippen molar-refractivity contribution in [1.82, 2.24) is 4.90 Å². The van der Waals surface area contributed by atoms with Crippen molar-refractivity contribution in [3.8, 4) is 0 Å². The van der Waals surface area contributed by atoms with Crippen LogP contribution in [0.4, 0.5) is 0 Å². The average Bonchev–Trinajstić information content (AvgIpc) is 2.88. The third-order valence-corrected chi connectivity index (χ3v) is 6.66. The fourth-order valence-corrected chi connectivity index (χ4v) is 5.74. The van der Waals surface area contributed by atoms with Gasteiger partial charge in [-0.25, -0.2) is 0 Å². The van der Waals surface area contributed by atoms with Gasteiger partial charge in [0, 0.05) is 9.75 Å². The Labute approximate surface area is 119 Å². The van der Waals surface area contributed by atoms with E-state index in [4.69, 9.17) is 0 Å². The Hall–Kier alpha value is 0.01000. The van der Waals surface area contributed by atoms with E-state index < -0.39 is 0 Å². The first-order valence-electron chi connectivity index (χ1n) is 7.21. The second kappa shape index (κ2) is 5.56. The van der Waals surface area contributed by atoms with E-state index in [-0.39, 0.29) is 0 Å². The largest absolute Gasteiger partial charge is 0.293 e. The quantitative estimate of drug-likeness (QED) is 0.796. The highest BCUT2D eigenvalue weighted by molar-refractivity contribution is 7.99. The minimum Gasteiger partial charge on any atom is -0.293 e. The molecule has 0 aliphatic carbocycles. The number of aryl methyl sites for hydroxylation is 1. The monoisotopic (exact) mass is 281 g/mol. The summed E-state index contributed by atoms with van der Waals surface area (Å²) in [5.74, 6) is 2.68. The lowest BCUT2D eigenvalue weighted by molar-refractivity contribution is 0.0582. The first-order valence-corrected chi connectivity index (χ1v) is 9.18. The van der Waals surface area contributed by atoms with Gasteiger partial charge in [0.2, 0.25) is 0 Å². The Kier molecular flexibility index (Phi) is 4.02. The molecule has 3 rings (SSSR count). The van der Waals surface area contributed by atoms with Gasteiger partial charge in [0.1, 0.15) is 0 Å². The third-order valence-electron chi connectivity index (χ3n) is 4.48. The molecule has 0 radical (unpaired) electrons. The molecule has 100 valence electrons. The van der Waals surface area contributed by atoms with Crippen LogP contribution in [0.1, 0.15) is 41.9 Å². The van der Waals surface area contributed by atoms with Gasteiger partial charge >= 0.3 is 0 Å². The van der Waals surface area contributed by atoms with Crippen LogP contribution in [0.5, 0.6) is 0 Å². The first kappa shape index (κ1) is 13.0. The molecular formula is C15H23NS2. The van der Waals surface area contributed by atoms with E-state index in [0.717, 1.165) is 0 Å². The molecule has 0 spiro atoms. The molecule has 2 aliphatic rings. The van der Waals surface area contributed by atoms with Gasteiger partial charge in [-0.3, -0.25) is 4.90 Å². The molecule has 3 heterocycles. The molecule has 18 heavy (non-hydrogen) atoms. The maximum absolute atomic E-state index is 2.82. The molecular weight excluding hydrogens is 258 g/mol. The zero-order valence-electron chi connectivity index (χ0n) is 11.3. The highest BCUT2D eigenvalue weighted by Crippen LogP contribution is 2.44. The minimum atomic E-state index is 0.393. The topological polar surface area (TPSA) is 3.24 Å². The summed E-state index contributed by atoms with van der Waals surface area (Å²) >= 11 is 4.18. The molecule has 1 nitrogen and oxygen atoms in total. The number of piperidine rings is 1. The predicted octanol–water partition coefficient (Wildman–Crippen LogP) is 4.26. The molecule has 0 bridgehead atoms. The summed E-state index contributed by atoms with van der Waals surface area (Å²) in [6.07, 6.45) is 6.96. The second-order valence-electron chi connectivity index (χ2n) is 5.60. The minimum absolute atomic E-state index is 0.393. The average molecular weight is 281 g/mol. The van der Waals surface area contributed by atoms with E-state index in [1.165, 1.54) is 61.6 Å². The van der Waals surface area contributed by atoms with Crippen molar-refractivity contribution in [3.05, 3.63) is 21.9 Å². The van der Waals surface area contributed by atoms with Crippen LogP contribution in [0.15, 0.2) is 12.1 Å². The Bertz CT molecular complexity index is 387. The van der Waals surface area contributed by atoms with Crippen LogP contribution in [0.2, 0.25) is 0 Å². The van der Waals surface area contributed by atoms with Crippen molar-refractivity contribution in [3.63, 3.8) is 0 Å². The van der Waals surface area contributed by atoms with E-state index in [9.17, 15) is 0 Å². The van der Waals surface area contributed by atoms with Crippen molar-refractivity contribution in [2.45, 2.75) is 44.6 Å². The van der Waals surface area contributed by atoms with E-state index >= 15 is 0 Å². The van der Waals surface area contributed by atoms with Gasteiger partial charge in [0.15, 0.2) is 0 Å². The standard InChI is InChI=1S/C15H23NS2/c1-13-5-6-14(18-13)15(7-11-17-12-8-15)16-9-3-2-4-10-16/h5-6H,2-4,7-12H2,1H3. The van der Waals surface area contributed by atoms with E-state index in [0.29, 0.717) is 5.54 Å². The van der Waals surface area contributed by atoms with E-state index in [2.05, 4.69) is 35.7 Å². The Morgan fingerprint density at radius 1 is 1.06 bits per heavy atom. The molecule has 2 aliphatic heterocycles. The molecule has 0 atom stereocenters. The number of thioether (sulfide) groups is 1. The fourth-order valence-electron chi connectivity index (χ4n) is 3.43. The summed E-state index contributed by atoms with van der Waals surface area (Å²) in [6.45, 7) is 4.89. The van der Waals surface area contributed by atoms with Gasteiger partial charge in [0.05, 0.1) is 5.54 Å². The van der Waals surface area contributed by atoms with Gasteiger partial charge in [-0.1, -0.05) is 6.42 Å². The predicted molar refractivity (Wildman–Crippen MR) is 82.7 cm³/mol. The maximum Gasteiger partial charge on any atom is 0.0569 e. The van der Waals surface area contributed by atoms with Crippen LogP contribution >= 0.6 is 23.1 Å². The Morgan fingerprint density at radius 3 is 2.39 bits per heavy atom. The molecule has 2 fully saturated rings. The molecule has 0 amide bonds. The van der Waals surface area contributed by atoms with Crippen molar-refractivity contribution < 1.29 is 0 Å². The van der Waals surface area contributed by atoms with Crippen molar-refractivity contribution in [2.75, 3.05) is 24.6 Å². The van der Waals surface area contributed by atoms with Crippen LogP contribution in [0.25, 0.3) is 0 Å². The number of likely N-dealkylation sites (tertiary alicyclic amines) is 1. The highest BCUT2D eigenvalue weighted by Gasteiger charge is 2.40. The number of thiophene rings is 1. The lowest BCUT2D eigenvalue weighted by atomic mass is 9.86. The molecule has 3 heteroatoms. The fraction of sp³-hybridized carbons (Fsp3) is 0.733. The van der Waals surface area contributed by atoms with Gasteiger partial charge in [0.25, 0.3) is 0 Å². The molecule has 0 saturated carbocycles. The molecule has 1 aromatic heterocycles. The summed E-state index contributed by atoms with van der Waals surface area (Å²) in [6, 6.07) is 4.72. The number of rotatable bonds is 2. The van der Waals surface area contributed by atoms with E-state index in [1.54, 1.807) is 4.88 Å². The summed E-state index contributed by atoms with van der Waals surface area (Å²) in [5.41, 5.74) is 0.393. The molecule has 1 aromatic rings. The third kappa shape index (κ3) is 2.37. The van der Waals surface area contributed by atoms with Gasteiger partial charge in [-0.2, -0.15) is 11.8 Å². The lowest BCUT2D eigenvalue weighted by Crippen LogP contribution is -2.50. The summed E-state index contributed by atoms with van der Waals surface area (Å²) < 4.78 is 0. The van der Waals surface area contributed by atoms with Crippen molar-refractivity contribution in [2.24, 2.45) is 0 Å². The molecule has 2 saturated heterocycles. The Balaban J connectivity index is 1.91. The maximum atomic E-state index is 2.82. The zero-order valence-corrected chi connectivity index (χ0v) is 12.9. The van der Waals surface area contributed by atoms with Crippen LogP contribution in [0, 0.1) is 6.92 Å². The normalized spacial score (nSPS) is 25.2. The van der Waals surface area contributed by atoms with Crippen LogP contribution in [-0.2, 0) is 5.54 Å². The van der Waals surface area contributed by atoms with Crippen LogP contribution in [-0.4, -0.2) is 29.5 Å². The lowest BCUT2D eigenvalue weighted by Gasteiger charge is -2.47. The van der Waals surface area contributed by atoms with Gasteiger partial charge in [-0.05, 0) is 69.3 Å². The van der Waals surface area contributed by atoms with Crippen LogP contribution < -0.4 is 0 Å². The smallest absolute Gasteiger partial charge is 0.0569 e. The first-order chi connectivity index (χ1) is 8.81. The number of hydrogen-bond acceptors (Lipinski definition) is 3. The number of nitrogens with zero attached hydrogens (tertiary/aromatic N) is 1. The summed E-state index contributed by atoms with van der Waals surface area (Å²) in [4.78, 5) is 5.93. The highest BCUT2D eigenvalue weighted by atomic mass is 32.2. The Morgan fingerprint density at radius 2 is 1.78 bits per heavy atom. The molecule has 0 unspecified atom stereocenters. The second-order valence-corrected chi connectivity index (χ2v) is 8.11. The van der Waals surface area contributed by atoms with Crippen LogP contribution in [0.3, 0.4) is 0 Å². The zero-order chi connectivity index (χ0) is 12.4. The van der Waals surface area contributed by atoms with Crippen molar-refractivity contribution in [1.29, 1.82) is 0 Å². The SMILES string of the molecule is Cc1ccc(C2(N3CCCCC3)CCSCC2)s1. The molecule has 0 aromatic carbocycles. The van der Waals surface area contributed by atoms with Gasteiger partial charge < -0.3 is 0 Å². The summed E-state index contributed by atoms with van der Waals surface area (Å²) in [5, 5.41) is 0. The van der Waals surface area contributed by atoms with Gasteiger partial charge in [-0.15, -0.1) is 11.3 Å².